The van der Waals surface area contributed by atoms with E-state index in [-0.39, 0.29) is 0 Å². The van der Waals surface area contributed by atoms with Gasteiger partial charge in [0.05, 0.1) is 0 Å². The Labute approximate surface area is 110 Å². The third kappa shape index (κ3) is 4.67. The first-order valence-electron chi connectivity index (χ1n) is 6.52. The zero-order valence-electron chi connectivity index (χ0n) is 12.1. The third-order valence-corrected chi connectivity index (χ3v) is 2.96. The molecule has 0 amide bonds. The van der Waals surface area contributed by atoms with Crippen molar-refractivity contribution in [3.63, 3.8) is 0 Å². The maximum Gasteiger partial charge on any atom is 0.122 e. The van der Waals surface area contributed by atoms with Crippen molar-refractivity contribution < 1.29 is 9.84 Å². The molecule has 102 valence electrons. The first-order valence-corrected chi connectivity index (χ1v) is 6.52. The van der Waals surface area contributed by atoms with Crippen LogP contribution < -0.4 is 10.1 Å². The van der Waals surface area contributed by atoms with Crippen molar-refractivity contribution in [2.45, 2.75) is 46.8 Å². The summed E-state index contributed by atoms with van der Waals surface area (Å²) in [7, 11) is 0. The van der Waals surface area contributed by atoms with Crippen molar-refractivity contribution in [2.75, 3.05) is 13.2 Å². The van der Waals surface area contributed by atoms with Gasteiger partial charge in [0.1, 0.15) is 18.5 Å². The van der Waals surface area contributed by atoms with E-state index in [1.807, 2.05) is 13.0 Å². The number of benzene rings is 1. The molecule has 0 fully saturated rings. The number of rotatable bonds is 6. The summed E-state index contributed by atoms with van der Waals surface area (Å²) < 4.78 is 5.70. The molecule has 0 aliphatic rings. The molecule has 0 aliphatic heterocycles. The van der Waals surface area contributed by atoms with E-state index < -0.39 is 6.10 Å². The smallest absolute Gasteiger partial charge is 0.122 e. The van der Waals surface area contributed by atoms with Gasteiger partial charge in [0.25, 0.3) is 0 Å². The number of nitrogens with one attached hydrogen (secondary N) is 1. The third-order valence-electron chi connectivity index (χ3n) is 2.96. The number of aryl methyl sites for hydroxylation is 2. The summed E-state index contributed by atoms with van der Waals surface area (Å²) in [6, 6.07) is 4.53. The molecule has 1 aromatic carbocycles. The van der Waals surface area contributed by atoms with Gasteiger partial charge in [-0.15, -0.1) is 0 Å². The Bertz CT molecular complexity index is 388. The minimum absolute atomic E-state index is 0.323. The van der Waals surface area contributed by atoms with Gasteiger partial charge in [-0.25, -0.2) is 0 Å². The molecule has 0 saturated carbocycles. The second-order valence-electron chi connectivity index (χ2n) is 5.23. The molecular formula is C15H25NO2. The summed E-state index contributed by atoms with van der Waals surface area (Å²) in [5.74, 6) is 0.871. The highest BCUT2D eigenvalue weighted by atomic mass is 16.5. The van der Waals surface area contributed by atoms with E-state index in [4.69, 9.17) is 4.74 Å². The maximum atomic E-state index is 9.80. The standard InChI is InChI=1S/C15H25NO2/c1-10(2)16-8-14(17)9-18-15-7-11(3)6-12(4)13(15)5/h6-7,10,14,16-17H,8-9H2,1-5H3/t14-/m0/s1. The van der Waals surface area contributed by atoms with Gasteiger partial charge in [0.15, 0.2) is 0 Å². The Morgan fingerprint density at radius 1 is 1.22 bits per heavy atom. The summed E-state index contributed by atoms with van der Waals surface area (Å²) in [4.78, 5) is 0. The van der Waals surface area contributed by atoms with Crippen LogP contribution in [-0.4, -0.2) is 30.4 Å². The quantitative estimate of drug-likeness (QED) is 0.815. The Morgan fingerprint density at radius 2 is 1.89 bits per heavy atom. The molecule has 1 rings (SSSR count). The molecule has 0 saturated heterocycles. The van der Waals surface area contributed by atoms with Gasteiger partial charge in [0.2, 0.25) is 0 Å². The number of hydrogen-bond acceptors (Lipinski definition) is 3. The molecule has 0 aliphatic carbocycles. The molecular weight excluding hydrogens is 226 g/mol. The van der Waals surface area contributed by atoms with Crippen LogP contribution in [0, 0.1) is 20.8 Å². The van der Waals surface area contributed by atoms with Crippen LogP contribution in [0.4, 0.5) is 0 Å². The lowest BCUT2D eigenvalue weighted by Gasteiger charge is -2.17. The van der Waals surface area contributed by atoms with E-state index in [0.717, 1.165) is 11.3 Å². The SMILES string of the molecule is Cc1cc(C)c(C)c(OC[C@@H](O)CNC(C)C)c1. The fourth-order valence-electron chi connectivity index (χ4n) is 1.77. The summed E-state index contributed by atoms with van der Waals surface area (Å²) in [6.45, 7) is 11.2. The van der Waals surface area contributed by atoms with Crippen LogP contribution in [-0.2, 0) is 0 Å². The lowest BCUT2D eigenvalue weighted by atomic mass is 10.1. The molecule has 0 radical (unpaired) electrons. The highest BCUT2D eigenvalue weighted by Gasteiger charge is 2.08. The second-order valence-corrected chi connectivity index (χ2v) is 5.23. The van der Waals surface area contributed by atoms with Crippen molar-refractivity contribution in [1.82, 2.24) is 5.32 Å². The maximum absolute atomic E-state index is 9.80. The molecule has 0 spiro atoms. The first kappa shape index (κ1) is 15.0. The Morgan fingerprint density at radius 3 is 2.50 bits per heavy atom. The Balaban J connectivity index is 2.53. The molecule has 3 heteroatoms. The van der Waals surface area contributed by atoms with Crippen LogP contribution in [0.15, 0.2) is 12.1 Å². The highest BCUT2D eigenvalue weighted by molar-refractivity contribution is 5.41. The lowest BCUT2D eigenvalue weighted by Crippen LogP contribution is -2.35. The molecule has 1 aromatic rings. The molecule has 0 bridgehead atoms. The predicted molar refractivity (Wildman–Crippen MR) is 75.3 cm³/mol. The van der Waals surface area contributed by atoms with E-state index >= 15 is 0 Å². The van der Waals surface area contributed by atoms with Crippen molar-refractivity contribution >= 4 is 0 Å². The normalized spacial score (nSPS) is 12.8. The minimum atomic E-state index is -0.479. The molecule has 0 heterocycles. The molecule has 0 aromatic heterocycles. The lowest BCUT2D eigenvalue weighted by molar-refractivity contribution is 0.104. The van der Waals surface area contributed by atoms with E-state index in [0.29, 0.717) is 19.2 Å². The average molecular weight is 251 g/mol. The van der Waals surface area contributed by atoms with Gasteiger partial charge in [-0.1, -0.05) is 19.9 Å². The number of ether oxygens (including phenoxy) is 1. The van der Waals surface area contributed by atoms with Gasteiger partial charge in [0, 0.05) is 12.6 Å². The highest BCUT2D eigenvalue weighted by Crippen LogP contribution is 2.23. The fraction of sp³-hybridized carbons (Fsp3) is 0.600. The van der Waals surface area contributed by atoms with E-state index in [9.17, 15) is 5.11 Å². The van der Waals surface area contributed by atoms with Crippen LogP contribution in [0.2, 0.25) is 0 Å². The van der Waals surface area contributed by atoms with Crippen LogP contribution in [0.1, 0.15) is 30.5 Å². The summed E-state index contributed by atoms with van der Waals surface area (Å²) >= 11 is 0. The van der Waals surface area contributed by atoms with E-state index in [1.165, 1.54) is 11.1 Å². The Kier molecular flexibility index (Phi) is 5.63. The first-order chi connectivity index (χ1) is 8.40. The largest absolute Gasteiger partial charge is 0.491 e. The molecule has 18 heavy (non-hydrogen) atoms. The Hall–Kier alpha value is -1.06. The number of aliphatic hydroxyl groups excluding tert-OH is 1. The van der Waals surface area contributed by atoms with Gasteiger partial charge < -0.3 is 15.2 Å². The molecule has 1 atom stereocenters. The van der Waals surface area contributed by atoms with Gasteiger partial charge >= 0.3 is 0 Å². The van der Waals surface area contributed by atoms with Crippen molar-refractivity contribution in [3.05, 3.63) is 28.8 Å². The number of hydrogen-bond donors (Lipinski definition) is 2. The van der Waals surface area contributed by atoms with Crippen molar-refractivity contribution in [3.8, 4) is 5.75 Å². The summed E-state index contributed by atoms with van der Waals surface area (Å²) in [6.07, 6.45) is -0.479. The van der Waals surface area contributed by atoms with Gasteiger partial charge in [-0.2, -0.15) is 0 Å². The number of aliphatic hydroxyl groups is 1. The van der Waals surface area contributed by atoms with Gasteiger partial charge in [-0.05, 0) is 43.5 Å². The molecule has 2 N–H and O–H groups in total. The van der Waals surface area contributed by atoms with Crippen molar-refractivity contribution in [2.24, 2.45) is 0 Å². The summed E-state index contributed by atoms with van der Waals surface area (Å²) in [5.41, 5.74) is 3.55. The van der Waals surface area contributed by atoms with E-state index in [2.05, 4.69) is 39.1 Å². The minimum Gasteiger partial charge on any atom is -0.491 e. The predicted octanol–water partition coefficient (Wildman–Crippen LogP) is 2.35. The molecule has 0 unspecified atom stereocenters. The summed E-state index contributed by atoms with van der Waals surface area (Å²) in [5, 5.41) is 13.0. The van der Waals surface area contributed by atoms with Crippen molar-refractivity contribution in [1.29, 1.82) is 0 Å². The van der Waals surface area contributed by atoms with Crippen LogP contribution in [0.25, 0.3) is 0 Å². The zero-order chi connectivity index (χ0) is 13.7. The zero-order valence-corrected chi connectivity index (χ0v) is 12.1. The van der Waals surface area contributed by atoms with E-state index in [1.54, 1.807) is 0 Å². The van der Waals surface area contributed by atoms with Crippen LogP contribution in [0.3, 0.4) is 0 Å². The second kappa shape index (κ2) is 6.76. The van der Waals surface area contributed by atoms with Crippen LogP contribution in [0.5, 0.6) is 5.75 Å². The fourth-order valence-corrected chi connectivity index (χ4v) is 1.77. The molecule has 3 nitrogen and oxygen atoms in total. The average Bonchev–Trinajstić information content (AvgIpc) is 2.29. The van der Waals surface area contributed by atoms with Gasteiger partial charge in [-0.3, -0.25) is 0 Å². The van der Waals surface area contributed by atoms with Crippen LogP contribution >= 0.6 is 0 Å². The topological polar surface area (TPSA) is 41.5 Å². The monoisotopic (exact) mass is 251 g/mol.